The molecular formula is C15H29N. The first kappa shape index (κ1) is 12.4. The summed E-state index contributed by atoms with van der Waals surface area (Å²) in [6.07, 6.45) is 8.86. The molecule has 1 heteroatoms. The van der Waals surface area contributed by atoms with E-state index in [2.05, 4.69) is 32.7 Å². The van der Waals surface area contributed by atoms with Gasteiger partial charge < -0.3 is 4.90 Å². The van der Waals surface area contributed by atoms with E-state index in [1.165, 1.54) is 51.6 Å². The van der Waals surface area contributed by atoms with Crippen molar-refractivity contribution < 1.29 is 0 Å². The molecule has 0 amide bonds. The summed E-state index contributed by atoms with van der Waals surface area (Å²) in [7, 11) is 2.29. The normalized spacial score (nSPS) is 31.1. The largest absolute Gasteiger partial charge is 0.306 e. The Labute approximate surface area is 102 Å². The predicted molar refractivity (Wildman–Crippen MR) is 70.6 cm³/mol. The Morgan fingerprint density at radius 1 is 1.19 bits per heavy atom. The lowest BCUT2D eigenvalue weighted by atomic mass is 9.65. The molecule has 0 N–H and O–H groups in total. The summed E-state index contributed by atoms with van der Waals surface area (Å²) in [6, 6.07) is 0. The number of hydrogen-bond acceptors (Lipinski definition) is 1. The van der Waals surface area contributed by atoms with Gasteiger partial charge in [0.1, 0.15) is 0 Å². The molecule has 1 aliphatic heterocycles. The third-order valence-corrected chi connectivity index (χ3v) is 4.74. The average Bonchev–Trinajstić information content (AvgIpc) is 2.72. The lowest BCUT2D eigenvalue weighted by Gasteiger charge is -2.40. The second-order valence-electron chi connectivity index (χ2n) is 7.55. The molecule has 0 aromatic heterocycles. The van der Waals surface area contributed by atoms with Gasteiger partial charge in [0, 0.05) is 6.54 Å². The Bertz CT molecular complexity index is 232. The van der Waals surface area contributed by atoms with Gasteiger partial charge in [-0.1, -0.05) is 33.6 Å². The van der Waals surface area contributed by atoms with Crippen molar-refractivity contribution in [1.82, 2.24) is 4.90 Å². The summed E-state index contributed by atoms with van der Waals surface area (Å²) in [5, 5.41) is 0. The summed E-state index contributed by atoms with van der Waals surface area (Å²) in [6.45, 7) is 9.95. The van der Waals surface area contributed by atoms with Crippen molar-refractivity contribution in [2.75, 3.05) is 20.1 Å². The molecule has 0 aromatic rings. The maximum atomic E-state index is 2.54. The van der Waals surface area contributed by atoms with Gasteiger partial charge in [-0.15, -0.1) is 0 Å². The van der Waals surface area contributed by atoms with Crippen molar-refractivity contribution in [2.24, 2.45) is 16.7 Å². The second kappa shape index (κ2) is 4.33. The maximum absolute atomic E-state index is 2.54. The first-order valence-electron chi connectivity index (χ1n) is 7.10. The van der Waals surface area contributed by atoms with E-state index in [-0.39, 0.29) is 0 Å². The highest BCUT2D eigenvalue weighted by atomic mass is 15.1. The Morgan fingerprint density at radius 3 is 2.25 bits per heavy atom. The topological polar surface area (TPSA) is 3.24 Å². The summed E-state index contributed by atoms with van der Waals surface area (Å²) in [5.74, 6) is 0.985. The monoisotopic (exact) mass is 223 g/mol. The van der Waals surface area contributed by atoms with E-state index in [4.69, 9.17) is 0 Å². The first-order valence-corrected chi connectivity index (χ1v) is 7.10. The van der Waals surface area contributed by atoms with Crippen molar-refractivity contribution in [3.63, 3.8) is 0 Å². The third-order valence-electron chi connectivity index (χ3n) is 4.74. The van der Waals surface area contributed by atoms with Gasteiger partial charge in [0.2, 0.25) is 0 Å². The van der Waals surface area contributed by atoms with Crippen LogP contribution in [0.3, 0.4) is 0 Å². The number of rotatable bonds is 2. The molecule has 1 nitrogen and oxygen atoms in total. The molecule has 94 valence electrons. The lowest BCUT2D eigenvalue weighted by molar-refractivity contribution is 0.0993. The van der Waals surface area contributed by atoms with E-state index in [0.29, 0.717) is 10.8 Å². The van der Waals surface area contributed by atoms with Crippen LogP contribution in [0.1, 0.15) is 59.3 Å². The van der Waals surface area contributed by atoms with Crippen molar-refractivity contribution in [1.29, 1.82) is 0 Å². The fraction of sp³-hybridized carbons (Fsp3) is 1.00. The van der Waals surface area contributed by atoms with Crippen LogP contribution in [0.4, 0.5) is 0 Å². The van der Waals surface area contributed by atoms with Crippen LogP contribution in [0.2, 0.25) is 0 Å². The number of hydrogen-bond donors (Lipinski definition) is 0. The van der Waals surface area contributed by atoms with Crippen LogP contribution in [0.15, 0.2) is 0 Å². The molecule has 0 spiro atoms. The predicted octanol–water partition coefficient (Wildman–Crippen LogP) is 3.93. The highest BCUT2D eigenvalue weighted by Crippen LogP contribution is 2.53. The molecular weight excluding hydrogens is 194 g/mol. The molecule has 2 rings (SSSR count). The zero-order valence-electron chi connectivity index (χ0n) is 11.7. The molecule has 0 bridgehead atoms. The molecule has 1 unspecified atom stereocenters. The van der Waals surface area contributed by atoms with Crippen LogP contribution in [-0.2, 0) is 0 Å². The summed E-state index contributed by atoms with van der Waals surface area (Å²) < 4.78 is 0. The van der Waals surface area contributed by atoms with E-state index >= 15 is 0 Å². The molecule has 1 heterocycles. The standard InChI is InChI=1S/C15H29N/c1-14(2,3)12-15(8-5-6-9-15)13-7-10-16(4)11-13/h13H,5-12H2,1-4H3. The Morgan fingerprint density at radius 2 is 1.81 bits per heavy atom. The highest BCUT2D eigenvalue weighted by molar-refractivity contribution is 4.96. The number of nitrogens with zero attached hydrogens (tertiary/aromatic N) is 1. The zero-order valence-corrected chi connectivity index (χ0v) is 11.7. The highest BCUT2D eigenvalue weighted by Gasteiger charge is 2.45. The fourth-order valence-electron chi connectivity index (χ4n) is 4.30. The molecule has 0 radical (unpaired) electrons. The average molecular weight is 223 g/mol. The van der Waals surface area contributed by atoms with Gasteiger partial charge in [-0.25, -0.2) is 0 Å². The van der Waals surface area contributed by atoms with Crippen LogP contribution in [0.5, 0.6) is 0 Å². The molecule has 0 aromatic carbocycles. The first-order chi connectivity index (χ1) is 7.41. The summed E-state index contributed by atoms with van der Waals surface area (Å²) in [4.78, 5) is 2.54. The van der Waals surface area contributed by atoms with Gasteiger partial charge in [-0.2, -0.15) is 0 Å². The third kappa shape index (κ3) is 2.61. The molecule has 2 fully saturated rings. The van der Waals surface area contributed by atoms with Crippen LogP contribution in [0.25, 0.3) is 0 Å². The van der Waals surface area contributed by atoms with Crippen molar-refractivity contribution in [2.45, 2.75) is 59.3 Å². The van der Waals surface area contributed by atoms with Crippen LogP contribution >= 0.6 is 0 Å². The van der Waals surface area contributed by atoms with Gasteiger partial charge >= 0.3 is 0 Å². The molecule has 2 aliphatic rings. The molecule has 16 heavy (non-hydrogen) atoms. The minimum absolute atomic E-state index is 0.505. The van der Waals surface area contributed by atoms with Gasteiger partial charge in [-0.3, -0.25) is 0 Å². The van der Waals surface area contributed by atoms with Crippen LogP contribution < -0.4 is 0 Å². The van der Waals surface area contributed by atoms with E-state index in [1.54, 1.807) is 0 Å². The van der Waals surface area contributed by atoms with Crippen LogP contribution in [-0.4, -0.2) is 25.0 Å². The van der Waals surface area contributed by atoms with E-state index < -0.39 is 0 Å². The van der Waals surface area contributed by atoms with Crippen molar-refractivity contribution in [3.05, 3.63) is 0 Å². The van der Waals surface area contributed by atoms with E-state index in [9.17, 15) is 0 Å². The van der Waals surface area contributed by atoms with Gasteiger partial charge in [0.05, 0.1) is 0 Å². The van der Waals surface area contributed by atoms with E-state index in [1.807, 2.05) is 0 Å². The lowest BCUT2D eigenvalue weighted by Crippen LogP contribution is -2.33. The second-order valence-corrected chi connectivity index (χ2v) is 7.55. The Hall–Kier alpha value is -0.0400. The smallest absolute Gasteiger partial charge is 0.00124 e. The number of likely N-dealkylation sites (tertiary alicyclic amines) is 1. The van der Waals surface area contributed by atoms with Crippen molar-refractivity contribution >= 4 is 0 Å². The Kier molecular flexibility index (Phi) is 3.36. The van der Waals surface area contributed by atoms with E-state index in [0.717, 1.165) is 5.92 Å². The molecule has 1 atom stereocenters. The quantitative estimate of drug-likeness (QED) is 0.685. The van der Waals surface area contributed by atoms with Gasteiger partial charge in [0.25, 0.3) is 0 Å². The molecule has 1 saturated heterocycles. The molecule has 1 aliphatic carbocycles. The zero-order chi connectivity index (χ0) is 11.8. The van der Waals surface area contributed by atoms with Gasteiger partial charge in [-0.05, 0) is 56.0 Å². The maximum Gasteiger partial charge on any atom is 0.00124 e. The fourth-order valence-corrected chi connectivity index (χ4v) is 4.30. The van der Waals surface area contributed by atoms with Crippen molar-refractivity contribution in [3.8, 4) is 0 Å². The molecule has 1 saturated carbocycles. The van der Waals surface area contributed by atoms with Gasteiger partial charge in [0.15, 0.2) is 0 Å². The minimum atomic E-state index is 0.505. The Balaban J connectivity index is 2.09. The summed E-state index contributed by atoms with van der Waals surface area (Å²) >= 11 is 0. The minimum Gasteiger partial charge on any atom is -0.306 e. The van der Waals surface area contributed by atoms with Crippen LogP contribution in [0, 0.1) is 16.7 Å². The summed E-state index contributed by atoms with van der Waals surface area (Å²) in [5.41, 5.74) is 1.20. The SMILES string of the molecule is CN1CCC(C2(CC(C)(C)C)CCCC2)C1.